The van der Waals surface area contributed by atoms with E-state index < -0.39 is 11.1 Å². The van der Waals surface area contributed by atoms with E-state index in [1.165, 1.54) is 5.06 Å². The third kappa shape index (κ3) is 3.64. The number of hydrogen-bond donors (Lipinski definition) is 3. The fourth-order valence-corrected chi connectivity index (χ4v) is 3.27. The van der Waals surface area contributed by atoms with E-state index in [4.69, 9.17) is 16.9 Å². The molecule has 0 spiro atoms. The number of hydroxylamine groups is 2. The van der Waals surface area contributed by atoms with Crippen LogP contribution in [-0.4, -0.2) is 33.3 Å². The maximum absolute atomic E-state index is 10.4. The Labute approximate surface area is 148 Å². The second kappa shape index (κ2) is 6.60. The first-order valence-electron chi connectivity index (χ1n) is 7.83. The van der Waals surface area contributed by atoms with Crippen molar-refractivity contribution in [2.45, 2.75) is 58.2 Å². The molecule has 1 unspecified atom stereocenters. The Morgan fingerprint density at radius 1 is 1.42 bits per heavy atom. The van der Waals surface area contributed by atoms with Crippen molar-refractivity contribution in [3.8, 4) is 6.19 Å². The first-order valence-corrected chi connectivity index (χ1v) is 8.21. The monoisotopic (exact) mass is 349 g/mol. The normalized spacial score (nSPS) is 22.9. The van der Waals surface area contributed by atoms with Gasteiger partial charge in [0.1, 0.15) is 0 Å². The van der Waals surface area contributed by atoms with Crippen molar-refractivity contribution in [2.75, 3.05) is 5.32 Å². The summed E-state index contributed by atoms with van der Waals surface area (Å²) in [5, 5.41) is 27.0. The number of nitriles is 1. The molecule has 0 aliphatic carbocycles. The summed E-state index contributed by atoms with van der Waals surface area (Å²) in [4.78, 5) is 4.64. The summed E-state index contributed by atoms with van der Waals surface area (Å²) < 4.78 is 0. The molecule has 1 aromatic carbocycles. The van der Waals surface area contributed by atoms with Crippen LogP contribution in [0.2, 0.25) is 5.02 Å². The first-order chi connectivity index (χ1) is 11.1. The number of aliphatic imine (C=N–C) groups is 1. The third-order valence-electron chi connectivity index (χ3n) is 4.46. The van der Waals surface area contributed by atoms with E-state index in [-0.39, 0.29) is 6.04 Å². The number of rotatable bonds is 2. The van der Waals surface area contributed by atoms with Crippen LogP contribution in [0.25, 0.3) is 0 Å². The van der Waals surface area contributed by atoms with Crippen LogP contribution in [0.15, 0.2) is 23.2 Å². The highest BCUT2D eigenvalue weighted by Gasteiger charge is 2.51. The van der Waals surface area contributed by atoms with E-state index >= 15 is 0 Å². The van der Waals surface area contributed by atoms with Crippen molar-refractivity contribution in [1.82, 2.24) is 10.4 Å². The molecule has 0 amide bonds. The van der Waals surface area contributed by atoms with Gasteiger partial charge in [-0.1, -0.05) is 17.7 Å². The average Bonchev–Trinajstić information content (AvgIpc) is 2.63. The molecular formula is C17H24ClN5O. The van der Waals surface area contributed by atoms with Gasteiger partial charge in [0.2, 0.25) is 5.96 Å². The minimum Gasteiger partial charge on any atom is -0.324 e. The third-order valence-corrected chi connectivity index (χ3v) is 4.79. The zero-order chi connectivity index (χ0) is 18.1. The lowest BCUT2D eigenvalue weighted by Gasteiger charge is -2.35. The molecule has 0 bridgehead atoms. The molecule has 2 rings (SSSR count). The topological polar surface area (TPSA) is 83.7 Å². The summed E-state index contributed by atoms with van der Waals surface area (Å²) in [7, 11) is 0. The lowest BCUT2D eigenvalue weighted by molar-refractivity contribution is -0.193. The molecule has 1 saturated heterocycles. The molecule has 1 aliphatic rings. The van der Waals surface area contributed by atoms with Crippen LogP contribution in [-0.2, 0) is 0 Å². The van der Waals surface area contributed by atoms with Gasteiger partial charge in [-0.25, -0.2) is 4.99 Å². The van der Waals surface area contributed by atoms with Gasteiger partial charge in [-0.2, -0.15) is 10.3 Å². The fraction of sp³-hybridized carbons (Fsp3) is 0.529. The van der Waals surface area contributed by atoms with Gasteiger partial charge in [-0.3, -0.25) is 5.32 Å². The number of anilines is 1. The summed E-state index contributed by atoms with van der Waals surface area (Å²) in [5.41, 5.74) is 0.775. The molecule has 6 nitrogen and oxygen atoms in total. The molecular weight excluding hydrogens is 326 g/mol. The van der Waals surface area contributed by atoms with Crippen molar-refractivity contribution in [3.63, 3.8) is 0 Å². The van der Waals surface area contributed by atoms with E-state index in [0.29, 0.717) is 23.1 Å². The Morgan fingerprint density at radius 2 is 2.08 bits per heavy atom. The molecule has 130 valence electrons. The second-order valence-corrected chi connectivity index (χ2v) is 7.73. The summed E-state index contributed by atoms with van der Waals surface area (Å²) in [6, 6.07) is 5.40. The maximum atomic E-state index is 10.4. The SMILES string of the molecule is Cc1ccc(Cl)c(NC(=NC2CC(C)(C)N(O)C2(C)C)NC#N)c1. The molecule has 1 aliphatic heterocycles. The number of aryl methyl sites for hydroxylation is 1. The van der Waals surface area contributed by atoms with Crippen molar-refractivity contribution >= 4 is 23.2 Å². The number of guanidine groups is 1. The lowest BCUT2D eigenvalue weighted by Crippen LogP contribution is -2.48. The zero-order valence-corrected chi connectivity index (χ0v) is 15.4. The Balaban J connectivity index is 2.32. The minimum absolute atomic E-state index is 0.190. The maximum Gasteiger partial charge on any atom is 0.209 e. The number of hydrogen-bond acceptors (Lipinski definition) is 4. The Kier molecular flexibility index (Phi) is 5.09. The van der Waals surface area contributed by atoms with Gasteiger partial charge < -0.3 is 10.5 Å². The molecule has 7 heteroatoms. The standard InChI is InChI=1S/C17H24ClN5O/c1-11-6-7-12(18)13(8-11)21-15(20-10-19)22-14-9-16(2,3)23(24)17(14,4)5/h6-8,14,24H,9H2,1-5H3,(H2,20,21,22). The molecule has 1 atom stereocenters. The van der Waals surface area contributed by atoms with Gasteiger partial charge in [-0.05, 0) is 58.7 Å². The van der Waals surface area contributed by atoms with E-state index in [9.17, 15) is 5.21 Å². The van der Waals surface area contributed by atoms with Crippen LogP contribution < -0.4 is 10.6 Å². The van der Waals surface area contributed by atoms with Crippen molar-refractivity contribution in [2.24, 2.45) is 4.99 Å². The molecule has 0 radical (unpaired) electrons. The summed E-state index contributed by atoms with van der Waals surface area (Å²) in [6.07, 6.45) is 2.56. The summed E-state index contributed by atoms with van der Waals surface area (Å²) in [6.45, 7) is 9.75. The van der Waals surface area contributed by atoms with Crippen LogP contribution in [0.5, 0.6) is 0 Å². The largest absolute Gasteiger partial charge is 0.324 e. The quantitative estimate of drug-likeness (QED) is 0.329. The fourth-order valence-electron chi connectivity index (χ4n) is 3.10. The molecule has 1 heterocycles. The molecule has 0 saturated carbocycles. The number of nitrogens with zero attached hydrogens (tertiary/aromatic N) is 3. The van der Waals surface area contributed by atoms with E-state index in [0.717, 1.165) is 5.56 Å². The van der Waals surface area contributed by atoms with Gasteiger partial charge in [0.15, 0.2) is 6.19 Å². The van der Waals surface area contributed by atoms with Gasteiger partial charge in [-0.15, -0.1) is 0 Å². The van der Waals surface area contributed by atoms with Crippen LogP contribution in [0.4, 0.5) is 5.69 Å². The zero-order valence-electron chi connectivity index (χ0n) is 14.7. The first kappa shape index (κ1) is 18.5. The van der Waals surface area contributed by atoms with Crippen LogP contribution >= 0.6 is 11.6 Å². The van der Waals surface area contributed by atoms with Crippen molar-refractivity contribution in [1.29, 1.82) is 5.26 Å². The lowest BCUT2D eigenvalue weighted by atomic mass is 9.95. The summed E-state index contributed by atoms with van der Waals surface area (Å²) in [5.74, 6) is 0.314. The molecule has 1 fully saturated rings. The van der Waals surface area contributed by atoms with E-state index in [1.54, 1.807) is 6.07 Å². The molecule has 0 aromatic heterocycles. The highest BCUT2D eigenvalue weighted by Crippen LogP contribution is 2.40. The predicted molar refractivity (Wildman–Crippen MR) is 96.2 cm³/mol. The van der Waals surface area contributed by atoms with Gasteiger partial charge in [0.05, 0.1) is 22.3 Å². The number of nitrogens with one attached hydrogen (secondary N) is 2. The Hall–Kier alpha value is -1.81. The van der Waals surface area contributed by atoms with Gasteiger partial charge in [0, 0.05) is 5.54 Å². The van der Waals surface area contributed by atoms with Crippen molar-refractivity contribution < 1.29 is 5.21 Å². The van der Waals surface area contributed by atoms with Gasteiger partial charge in [0.25, 0.3) is 0 Å². The van der Waals surface area contributed by atoms with E-state index in [2.05, 4.69) is 15.6 Å². The van der Waals surface area contributed by atoms with Gasteiger partial charge >= 0.3 is 0 Å². The molecule has 24 heavy (non-hydrogen) atoms. The van der Waals surface area contributed by atoms with Crippen LogP contribution in [0.3, 0.4) is 0 Å². The Bertz CT molecular complexity index is 693. The smallest absolute Gasteiger partial charge is 0.209 e. The highest BCUT2D eigenvalue weighted by molar-refractivity contribution is 6.33. The van der Waals surface area contributed by atoms with Crippen molar-refractivity contribution in [3.05, 3.63) is 28.8 Å². The Morgan fingerprint density at radius 3 is 2.62 bits per heavy atom. The minimum atomic E-state index is -0.552. The molecule has 1 aromatic rings. The number of halogens is 1. The highest BCUT2D eigenvalue weighted by atomic mass is 35.5. The summed E-state index contributed by atoms with van der Waals surface area (Å²) >= 11 is 6.21. The average molecular weight is 350 g/mol. The predicted octanol–water partition coefficient (Wildman–Crippen LogP) is 3.51. The number of benzene rings is 1. The molecule has 3 N–H and O–H groups in total. The van der Waals surface area contributed by atoms with E-state index in [1.807, 2.05) is 52.9 Å². The van der Waals surface area contributed by atoms with Crippen LogP contribution in [0, 0.1) is 18.4 Å². The van der Waals surface area contributed by atoms with Crippen LogP contribution in [0.1, 0.15) is 39.7 Å². The second-order valence-electron chi connectivity index (χ2n) is 7.32.